The van der Waals surface area contributed by atoms with Crippen molar-refractivity contribution in [2.45, 2.75) is 58.1 Å². The lowest BCUT2D eigenvalue weighted by Crippen LogP contribution is -2.46. The van der Waals surface area contributed by atoms with Crippen molar-refractivity contribution in [3.05, 3.63) is 24.3 Å². The second kappa shape index (κ2) is 9.08. The molecule has 0 aromatic heterocycles. The quantitative estimate of drug-likeness (QED) is 0.757. The molecule has 0 spiro atoms. The lowest BCUT2D eigenvalue weighted by molar-refractivity contribution is -0.155. The van der Waals surface area contributed by atoms with Crippen molar-refractivity contribution < 1.29 is 23.9 Å². The molecule has 1 aromatic rings. The Labute approximate surface area is 165 Å². The molecule has 1 aromatic carbocycles. The summed E-state index contributed by atoms with van der Waals surface area (Å²) in [6.07, 6.45) is 3.53. The molecule has 7 nitrogen and oxygen atoms in total. The largest absolute Gasteiger partial charge is 0.482 e. The molecule has 28 heavy (non-hydrogen) atoms. The number of ether oxygens (including phenoxy) is 2. The van der Waals surface area contributed by atoms with Gasteiger partial charge in [-0.1, -0.05) is 31.9 Å². The predicted octanol–water partition coefficient (Wildman–Crippen LogP) is 2.43. The fourth-order valence-electron chi connectivity index (χ4n) is 3.74. The highest BCUT2D eigenvalue weighted by Crippen LogP contribution is 2.31. The van der Waals surface area contributed by atoms with Crippen LogP contribution < -0.4 is 15.0 Å². The molecule has 0 radical (unpaired) electrons. The van der Waals surface area contributed by atoms with Crippen LogP contribution in [0, 0.1) is 5.92 Å². The van der Waals surface area contributed by atoms with Gasteiger partial charge in [-0.2, -0.15) is 0 Å². The van der Waals surface area contributed by atoms with Gasteiger partial charge in [-0.3, -0.25) is 14.4 Å². The minimum Gasteiger partial charge on any atom is -0.482 e. The molecule has 1 fully saturated rings. The number of carbonyl (C=O) groups excluding carboxylic acids is 3. The Kier molecular flexibility index (Phi) is 6.54. The fourth-order valence-corrected chi connectivity index (χ4v) is 3.74. The molecule has 152 valence electrons. The van der Waals surface area contributed by atoms with Gasteiger partial charge in [-0.15, -0.1) is 0 Å². The molecule has 0 bridgehead atoms. The predicted molar refractivity (Wildman–Crippen MR) is 104 cm³/mol. The Morgan fingerprint density at radius 3 is 2.82 bits per heavy atom. The van der Waals surface area contributed by atoms with E-state index in [0.717, 1.165) is 19.3 Å². The summed E-state index contributed by atoms with van der Waals surface area (Å²) in [5, 5.41) is 3.00. The summed E-state index contributed by atoms with van der Waals surface area (Å²) in [5.41, 5.74) is 0.642. The third kappa shape index (κ3) is 4.82. The van der Waals surface area contributed by atoms with E-state index in [9.17, 15) is 14.4 Å². The highest BCUT2D eigenvalue weighted by Gasteiger charge is 2.28. The highest BCUT2D eigenvalue weighted by atomic mass is 16.5. The minimum absolute atomic E-state index is 0.0114. The van der Waals surface area contributed by atoms with Gasteiger partial charge < -0.3 is 19.7 Å². The van der Waals surface area contributed by atoms with Crippen molar-refractivity contribution in [3.8, 4) is 5.75 Å². The highest BCUT2D eigenvalue weighted by molar-refractivity contribution is 5.98. The van der Waals surface area contributed by atoms with Gasteiger partial charge in [0, 0.05) is 12.6 Å². The summed E-state index contributed by atoms with van der Waals surface area (Å²) in [5.74, 6) is 0.0809. The summed E-state index contributed by atoms with van der Waals surface area (Å²) >= 11 is 0. The molecular formula is C21H28N2O5. The Morgan fingerprint density at radius 1 is 1.29 bits per heavy atom. The first-order chi connectivity index (χ1) is 13.5. The monoisotopic (exact) mass is 388 g/mol. The summed E-state index contributed by atoms with van der Waals surface area (Å²) in [6.45, 7) is 3.85. The van der Waals surface area contributed by atoms with Crippen molar-refractivity contribution in [1.82, 2.24) is 5.32 Å². The molecule has 1 N–H and O–H groups in total. The van der Waals surface area contributed by atoms with Crippen molar-refractivity contribution in [2.24, 2.45) is 5.92 Å². The van der Waals surface area contributed by atoms with Crippen LogP contribution in [-0.4, -0.2) is 43.1 Å². The molecule has 3 atom stereocenters. The summed E-state index contributed by atoms with van der Waals surface area (Å²) < 4.78 is 10.7. The lowest BCUT2D eigenvalue weighted by Gasteiger charge is -2.30. The van der Waals surface area contributed by atoms with Crippen LogP contribution in [0.4, 0.5) is 5.69 Å². The number of nitrogens with zero attached hydrogens (tertiary/aromatic N) is 1. The zero-order chi connectivity index (χ0) is 20.1. The molecule has 7 heteroatoms. The average Bonchev–Trinajstić information content (AvgIpc) is 2.69. The van der Waals surface area contributed by atoms with Crippen LogP contribution in [0.1, 0.15) is 46.0 Å². The van der Waals surface area contributed by atoms with Gasteiger partial charge in [0.25, 0.3) is 11.8 Å². The van der Waals surface area contributed by atoms with Gasteiger partial charge in [0.2, 0.25) is 0 Å². The molecular weight excluding hydrogens is 360 g/mol. The maximum absolute atomic E-state index is 12.3. The normalized spacial score (nSPS) is 22.6. The molecule has 1 aliphatic carbocycles. The SMILES string of the molecule is C[C@@H]1CCCC[C@H]1NC(=O)[C@@H](C)OC(=O)CCN1C(=O)COc2ccccc21. The van der Waals surface area contributed by atoms with E-state index in [1.54, 1.807) is 19.1 Å². The third-order valence-electron chi connectivity index (χ3n) is 5.46. The van der Waals surface area contributed by atoms with Crippen LogP contribution in [0.3, 0.4) is 0 Å². The minimum atomic E-state index is -0.852. The number of carbonyl (C=O) groups is 3. The van der Waals surface area contributed by atoms with Crippen molar-refractivity contribution in [1.29, 1.82) is 0 Å². The maximum Gasteiger partial charge on any atom is 0.308 e. The average molecular weight is 388 g/mol. The first kappa shape index (κ1) is 20.2. The number of rotatable bonds is 6. The molecule has 2 aliphatic rings. The van der Waals surface area contributed by atoms with Gasteiger partial charge in [0.15, 0.2) is 12.7 Å². The van der Waals surface area contributed by atoms with Crippen LogP contribution in [0.15, 0.2) is 24.3 Å². The zero-order valence-corrected chi connectivity index (χ0v) is 16.5. The standard InChI is InChI=1S/C21H28N2O5/c1-14-7-3-4-8-16(14)22-21(26)15(2)28-20(25)11-12-23-17-9-5-6-10-18(17)27-13-19(23)24/h5-6,9-10,14-16H,3-4,7-8,11-13H2,1-2H3,(H,22,26)/t14-,15-,16-/m1/s1. The number of anilines is 1. The van der Waals surface area contributed by atoms with E-state index in [2.05, 4.69) is 12.2 Å². The molecule has 0 unspecified atom stereocenters. The van der Waals surface area contributed by atoms with Crippen LogP contribution in [0.2, 0.25) is 0 Å². The van der Waals surface area contributed by atoms with E-state index in [1.807, 2.05) is 12.1 Å². The van der Waals surface area contributed by atoms with Gasteiger partial charge >= 0.3 is 5.97 Å². The lowest BCUT2D eigenvalue weighted by atomic mass is 9.86. The van der Waals surface area contributed by atoms with Crippen molar-refractivity contribution in [2.75, 3.05) is 18.1 Å². The first-order valence-corrected chi connectivity index (χ1v) is 9.97. The number of fused-ring (bicyclic) bond motifs is 1. The Balaban J connectivity index is 1.49. The molecule has 1 heterocycles. The molecule has 0 saturated heterocycles. The van der Waals surface area contributed by atoms with Crippen molar-refractivity contribution >= 4 is 23.5 Å². The van der Waals surface area contributed by atoms with Crippen LogP contribution in [0.25, 0.3) is 0 Å². The third-order valence-corrected chi connectivity index (χ3v) is 5.46. The van der Waals surface area contributed by atoms with E-state index in [4.69, 9.17) is 9.47 Å². The Hall–Kier alpha value is -2.57. The fraction of sp³-hybridized carbons (Fsp3) is 0.571. The van der Waals surface area contributed by atoms with Gasteiger partial charge in [-0.25, -0.2) is 0 Å². The van der Waals surface area contributed by atoms with Crippen molar-refractivity contribution in [3.63, 3.8) is 0 Å². The Morgan fingerprint density at radius 2 is 2.04 bits per heavy atom. The Bertz CT molecular complexity index is 735. The second-order valence-corrected chi connectivity index (χ2v) is 7.56. The molecule has 2 amide bonds. The van der Waals surface area contributed by atoms with Crippen LogP contribution >= 0.6 is 0 Å². The van der Waals surface area contributed by atoms with Crippen LogP contribution in [0.5, 0.6) is 5.75 Å². The van der Waals surface area contributed by atoms with Gasteiger partial charge in [0.05, 0.1) is 12.1 Å². The number of hydrogen-bond acceptors (Lipinski definition) is 5. The summed E-state index contributed by atoms with van der Waals surface area (Å²) in [7, 11) is 0. The molecule has 1 saturated carbocycles. The maximum atomic E-state index is 12.3. The first-order valence-electron chi connectivity index (χ1n) is 9.97. The number of esters is 1. The molecule has 1 aliphatic heterocycles. The van der Waals surface area contributed by atoms with E-state index < -0.39 is 12.1 Å². The number of para-hydroxylation sites is 2. The molecule has 3 rings (SSSR count). The van der Waals surface area contributed by atoms with Gasteiger partial charge in [0.1, 0.15) is 5.75 Å². The van der Waals surface area contributed by atoms with E-state index in [1.165, 1.54) is 11.3 Å². The number of benzene rings is 1. The van der Waals surface area contributed by atoms with Crippen LogP contribution in [-0.2, 0) is 19.1 Å². The second-order valence-electron chi connectivity index (χ2n) is 7.56. The number of amides is 2. The topological polar surface area (TPSA) is 84.9 Å². The van der Waals surface area contributed by atoms with Gasteiger partial charge in [-0.05, 0) is 37.8 Å². The van der Waals surface area contributed by atoms with E-state index in [-0.39, 0.29) is 37.4 Å². The van der Waals surface area contributed by atoms with E-state index in [0.29, 0.717) is 17.4 Å². The number of hydrogen-bond donors (Lipinski definition) is 1. The zero-order valence-electron chi connectivity index (χ0n) is 16.5. The summed E-state index contributed by atoms with van der Waals surface area (Å²) in [4.78, 5) is 38.2. The smallest absolute Gasteiger partial charge is 0.308 e. The van der Waals surface area contributed by atoms with E-state index >= 15 is 0 Å². The summed E-state index contributed by atoms with van der Waals surface area (Å²) in [6, 6.07) is 7.34. The number of nitrogens with one attached hydrogen (secondary N) is 1.